The highest BCUT2D eigenvalue weighted by atomic mass is 32.1. The molecule has 0 aromatic carbocycles. The molecule has 1 heterocycles. The maximum absolute atomic E-state index is 12.1. The van der Waals surface area contributed by atoms with Gasteiger partial charge in [-0.1, -0.05) is 6.42 Å². The maximum atomic E-state index is 12.1. The molecule has 0 spiro atoms. The van der Waals surface area contributed by atoms with Gasteiger partial charge in [-0.2, -0.15) is 0 Å². The van der Waals surface area contributed by atoms with E-state index in [1.165, 1.54) is 9.75 Å². The maximum Gasteiger partial charge on any atom is 0.310 e. The summed E-state index contributed by atoms with van der Waals surface area (Å²) in [5, 5.41) is 12.2. The van der Waals surface area contributed by atoms with Crippen molar-refractivity contribution in [1.29, 1.82) is 0 Å². The number of carboxylic acids is 1. The molecule has 5 heteroatoms. The fourth-order valence-corrected chi connectivity index (χ4v) is 3.85. The predicted molar refractivity (Wildman–Crippen MR) is 78.9 cm³/mol. The van der Waals surface area contributed by atoms with Gasteiger partial charge < -0.3 is 10.4 Å². The van der Waals surface area contributed by atoms with Crippen LogP contribution >= 0.6 is 11.3 Å². The first-order valence-electron chi connectivity index (χ1n) is 6.94. The van der Waals surface area contributed by atoms with Crippen molar-refractivity contribution < 1.29 is 14.7 Å². The minimum atomic E-state index is -0.839. The van der Waals surface area contributed by atoms with E-state index in [-0.39, 0.29) is 18.4 Å². The molecule has 1 aromatic rings. The van der Waals surface area contributed by atoms with E-state index in [1.807, 2.05) is 20.8 Å². The van der Waals surface area contributed by atoms with E-state index in [1.54, 1.807) is 11.3 Å². The summed E-state index contributed by atoms with van der Waals surface area (Å²) in [6.45, 7) is 6.03. The lowest BCUT2D eigenvalue weighted by molar-refractivity contribution is -0.157. The third kappa shape index (κ3) is 2.87. The van der Waals surface area contributed by atoms with Gasteiger partial charge in [0.05, 0.1) is 11.5 Å². The number of hydrogen-bond donors (Lipinski definition) is 2. The largest absolute Gasteiger partial charge is 0.481 e. The Kier molecular flexibility index (Phi) is 4.18. The van der Waals surface area contributed by atoms with E-state index in [0.29, 0.717) is 12.8 Å². The summed E-state index contributed by atoms with van der Waals surface area (Å²) in [6, 6.07) is 2.01. The highest BCUT2D eigenvalue weighted by Crippen LogP contribution is 2.44. The fraction of sp³-hybridized carbons (Fsp3) is 0.600. The number of aryl methyl sites for hydroxylation is 2. The SMILES string of the molecule is Cc1cc(C(C)NC(=O)CC2(C(=O)O)CCC2)c(C)s1. The fourth-order valence-electron chi connectivity index (χ4n) is 2.83. The third-order valence-corrected chi connectivity index (χ3v) is 5.17. The second kappa shape index (κ2) is 5.56. The highest BCUT2D eigenvalue weighted by Gasteiger charge is 2.46. The zero-order valence-corrected chi connectivity index (χ0v) is 13.0. The van der Waals surface area contributed by atoms with E-state index in [9.17, 15) is 14.7 Å². The van der Waals surface area contributed by atoms with Crippen LogP contribution in [0.5, 0.6) is 0 Å². The van der Waals surface area contributed by atoms with Crippen LogP contribution in [0, 0.1) is 19.3 Å². The van der Waals surface area contributed by atoms with Gasteiger partial charge in [0, 0.05) is 16.2 Å². The number of carbonyl (C=O) groups is 2. The summed E-state index contributed by atoms with van der Waals surface area (Å²) in [5.41, 5.74) is 0.308. The minimum absolute atomic E-state index is 0.0710. The van der Waals surface area contributed by atoms with Crippen molar-refractivity contribution in [3.8, 4) is 0 Å². The van der Waals surface area contributed by atoms with Crippen LogP contribution in [-0.2, 0) is 9.59 Å². The summed E-state index contributed by atoms with van der Waals surface area (Å²) in [6.07, 6.45) is 2.22. The van der Waals surface area contributed by atoms with Crippen molar-refractivity contribution in [2.75, 3.05) is 0 Å². The molecule has 1 aromatic heterocycles. The van der Waals surface area contributed by atoms with Gasteiger partial charge in [0.25, 0.3) is 0 Å². The molecule has 1 saturated carbocycles. The standard InChI is InChI=1S/C15H21NO3S/c1-9-7-12(11(3)20-9)10(2)16-13(17)8-15(14(18)19)5-4-6-15/h7,10H,4-6,8H2,1-3H3,(H,16,17)(H,18,19). The Bertz CT molecular complexity index is 531. The highest BCUT2D eigenvalue weighted by molar-refractivity contribution is 7.12. The van der Waals surface area contributed by atoms with Crippen LogP contribution in [0.1, 0.15) is 54.0 Å². The lowest BCUT2D eigenvalue weighted by atomic mass is 9.66. The monoisotopic (exact) mass is 295 g/mol. The number of nitrogens with one attached hydrogen (secondary N) is 1. The van der Waals surface area contributed by atoms with E-state index in [4.69, 9.17) is 0 Å². The molecule has 1 unspecified atom stereocenters. The summed E-state index contributed by atoms with van der Waals surface area (Å²) in [5.74, 6) is -1.00. The molecule has 1 aliphatic carbocycles. The lowest BCUT2D eigenvalue weighted by Gasteiger charge is -2.37. The number of hydrogen-bond acceptors (Lipinski definition) is 3. The van der Waals surface area contributed by atoms with Crippen molar-refractivity contribution in [2.24, 2.45) is 5.41 Å². The number of thiophene rings is 1. The van der Waals surface area contributed by atoms with Gasteiger partial charge in [0.1, 0.15) is 0 Å². The average molecular weight is 295 g/mol. The van der Waals surface area contributed by atoms with Gasteiger partial charge in [0.15, 0.2) is 0 Å². The Morgan fingerprint density at radius 1 is 1.45 bits per heavy atom. The van der Waals surface area contributed by atoms with Gasteiger partial charge in [-0.05, 0) is 45.2 Å². The summed E-state index contributed by atoms with van der Waals surface area (Å²) in [4.78, 5) is 25.8. The smallest absolute Gasteiger partial charge is 0.310 e. The summed E-state index contributed by atoms with van der Waals surface area (Å²) >= 11 is 1.71. The summed E-state index contributed by atoms with van der Waals surface area (Å²) < 4.78 is 0. The first-order valence-corrected chi connectivity index (χ1v) is 7.75. The Morgan fingerprint density at radius 3 is 2.50 bits per heavy atom. The topological polar surface area (TPSA) is 66.4 Å². The Morgan fingerprint density at radius 2 is 2.10 bits per heavy atom. The first-order chi connectivity index (χ1) is 9.34. The number of amides is 1. The first kappa shape index (κ1) is 15.0. The van der Waals surface area contributed by atoms with Gasteiger partial charge >= 0.3 is 5.97 Å². The second-order valence-electron chi connectivity index (χ2n) is 5.77. The quantitative estimate of drug-likeness (QED) is 0.876. The number of carboxylic acid groups (broad SMARTS) is 1. The second-order valence-corrected chi connectivity index (χ2v) is 7.23. The van der Waals surface area contributed by atoms with Crippen molar-refractivity contribution in [3.05, 3.63) is 21.4 Å². The van der Waals surface area contributed by atoms with Crippen molar-refractivity contribution in [2.45, 2.75) is 52.5 Å². The van der Waals surface area contributed by atoms with E-state index < -0.39 is 11.4 Å². The van der Waals surface area contributed by atoms with Crippen LogP contribution in [0.25, 0.3) is 0 Å². The van der Waals surface area contributed by atoms with Gasteiger partial charge in [-0.25, -0.2) is 0 Å². The Balaban J connectivity index is 1.98. The molecule has 4 nitrogen and oxygen atoms in total. The van der Waals surface area contributed by atoms with Crippen LogP contribution in [0.4, 0.5) is 0 Å². The molecular formula is C15H21NO3S. The Labute approximate surface area is 123 Å². The molecule has 0 aliphatic heterocycles. The van der Waals surface area contributed by atoms with E-state index in [0.717, 1.165) is 12.0 Å². The van der Waals surface area contributed by atoms with Gasteiger partial charge in [0.2, 0.25) is 5.91 Å². The van der Waals surface area contributed by atoms with Crippen LogP contribution in [0.2, 0.25) is 0 Å². The van der Waals surface area contributed by atoms with Gasteiger partial charge in [-0.15, -0.1) is 11.3 Å². The zero-order valence-electron chi connectivity index (χ0n) is 12.2. The lowest BCUT2D eigenvalue weighted by Crippen LogP contribution is -2.43. The van der Waals surface area contributed by atoms with Crippen LogP contribution in [0.3, 0.4) is 0 Å². The molecule has 0 saturated heterocycles. The Hall–Kier alpha value is -1.36. The van der Waals surface area contributed by atoms with Crippen LogP contribution < -0.4 is 5.32 Å². The molecule has 0 bridgehead atoms. The van der Waals surface area contributed by atoms with Crippen LogP contribution in [0.15, 0.2) is 6.07 Å². The average Bonchev–Trinajstić information content (AvgIpc) is 2.62. The van der Waals surface area contributed by atoms with E-state index in [2.05, 4.69) is 11.4 Å². The molecule has 1 fully saturated rings. The summed E-state index contributed by atoms with van der Waals surface area (Å²) in [7, 11) is 0. The molecular weight excluding hydrogens is 274 g/mol. The predicted octanol–water partition coefficient (Wildman–Crippen LogP) is 3.19. The van der Waals surface area contributed by atoms with Crippen LogP contribution in [-0.4, -0.2) is 17.0 Å². The minimum Gasteiger partial charge on any atom is -0.481 e. The zero-order chi connectivity index (χ0) is 14.9. The molecule has 1 atom stereocenters. The number of aliphatic carboxylic acids is 1. The van der Waals surface area contributed by atoms with Crippen molar-refractivity contribution in [1.82, 2.24) is 5.32 Å². The molecule has 0 radical (unpaired) electrons. The molecule has 2 N–H and O–H groups in total. The third-order valence-electron chi connectivity index (χ3n) is 4.19. The normalized spacial score (nSPS) is 18.1. The molecule has 20 heavy (non-hydrogen) atoms. The van der Waals surface area contributed by atoms with Crippen molar-refractivity contribution >= 4 is 23.2 Å². The van der Waals surface area contributed by atoms with E-state index >= 15 is 0 Å². The number of rotatable bonds is 5. The molecule has 2 rings (SSSR count). The van der Waals surface area contributed by atoms with Gasteiger partial charge in [-0.3, -0.25) is 9.59 Å². The van der Waals surface area contributed by atoms with Crippen molar-refractivity contribution in [3.63, 3.8) is 0 Å². The number of carbonyl (C=O) groups excluding carboxylic acids is 1. The molecule has 110 valence electrons. The molecule has 1 aliphatic rings. The molecule has 1 amide bonds.